The quantitative estimate of drug-likeness (QED) is 0.860. The molecule has 5 heteroatoms. The Bertz CT molecular complexity index is 746. The predicted octanol–water partition coefficient (Wildman–Crippen LogP) is 4.80. The van der Waals surface area contributed by atoms with E-state index < -0.39 is 0 Å². The van der Waals surface area contributed by atoms with Gasteiger partial charge in [0.1, 0.15) is 0 Å². The Balaban J connectivity index is 1.75. The molecule has 0 heterocycles. The lowest BCUT2D eigenvalue weighted by Crippen LogP contribution is -2.18. The van der Waals surface area contributed by atoms with Gasteiger partial charge in [0.05, 0.1) is 16.4 Å². The smallest absolute Gasteiger partial charge is 0.228 e. The molecule has 0 aromatic heterocycles. The molecule has 0 aliphatic heterocycles. The first-order valence-corrected chi connectivity index (χ1v) is 8.25. The zero-order chi connectivity index (χ0) is 16.6. The van der Waals surface area contributed by atoms with Gasteiger partial charge in [-0.05, 0) is 36.1 Å². The number of nitrogens with one attached hydrogen (secondary N) is 1. The molecule has 1 amide bonds. The van der Waals surface area contributed by atoms with Gasteiger partial charge in [-0.25, -0.2) is 0 Å². The van der Waals surface area contributed by atoms with Crippen LogP contribution in [0.5, 0.6) is 0 Å². The van der Waals surface area contributed by atoms with Gasteiger partial charge in [0.15, 0.2) is 0 Å². The van der Waals surface area contributed by atoms with Crippen LogP contribution in [0, 0.1) is 5.92 Å². The molecule has 3 nitrogen and oxygen atoms in total. The van der Waals surface area contributed by atoms with Crippen molar-refractivity contribution in [2.24, 2.45) is 5.92 Å². The zero-order valence-electron chi connectivity index (χ0n) is 13.0. The van der Waals surface area contributed by atoms with Gasteiger partial charge in [0, 0.05) is 25.0 Å². The summed E-state index contributed by atoms with van der Waals surface area (Å²) >= 11 is 12.5. The Morgan fingerprint density at radius 2 is 1.78 bits per heavy atom. The van der Waals surface area contributed by atoms with Crippen LogP contribution in [0.15, 0.2) is 42.5 Å². The zero-order valence-corrected chi connectivity index (χ0v) is 14.5. The predicted molar refractivity (Wildman–Crippen MR) is 96.7 cm³/mol. The van der Waals surface area contributed by atoms with Crippen molar-refractivity contribution in [1.82, 2.24) is 0 Å². The van der Waals surface area contributed by atoms with Gasteiger partial charge in [-0.15, -0.1) is 0 Å². The molecule has 3 rings (SSSR count). The van der Waals surface area contributed by atoms with Crippen molar-refractivity contribution in [2.45, 2.75) is 12.3 Å². The van der Waals surface area contributed by atoms with Crippen LogP contribution in [-0.2, 0) is 4.79 Å². The van der Waals surface area contributed by atoms with E-state index in [1.807, 2.05) is 61.5 Å². The van der Waals surface area contributed by atoms with Crippen molar-refractivity contribution in [2.75, 3.05) is 24.3 Å². The van der Waals surface area contributed by atoms with Gasteiger partial charge in [-0.3, -0.25) is 4.79 Å². The van der Waals surface area contributed by atoms with E-state index in [0.29, 0.717) is 5.02 Å². The Morgan fingerprint density at radius 3 is 2.48 bits per heavy atom. The normalized spacial score (nSPS) is 19.3. The number of nitrogens with zero attached hydrogens (tertiary/aromatic N) is 1. The second kappa shape index (κ2) is 6.42. The molecule has 2 aromatic rings. The van der Waals surface area contributed by atoms with Crippen molar-refractivity contribution in [3.8, 4) is 0 Å². The summed E-state index contributed by atoms with van der Waals surface area (Å²) in [7, 11) is 3.81. The molecule has 23 heavy (non-hydrogen) atoms. The molecule has 1 saturated carbocycles. The molecule has 2 unspecified atom stereocenters. The molecule has 2 aromatic carbocycles. The molecule has 0 bridgehead atoms. The topological polar surface area (TPSA) is 32.3 Å². The fraction of sp³-hybridized carbons (Fsp3) is 0.278. The lowest BCUT2D eigenvalue weighted by atomic mass is 10.1. The summed E-state index contributed by atoms with van der Waals surface area (Å²) in [6, 6.07) is 13.2. The molecule has 120 valence electrons. The lowest BCUT2D eigenvalue weighted by molar-refractivity contribution is -0.117. The highest BCUT2D eigenvalue weighted by molar-refractivity contribution is 6.34. The van der Waals surface area contributed by atoms with E-state index in [1.54, 1.807) is 0 Å². The van der Waals surface area contributed by atoms with Crippen molar-refractivity contribution in [3.05, 3.63) is 58.1 Å². The van der Waals surface area contributed by atoms with Crippen LogP contribution < -0.4 is 10.2 Å². The maximum absolute atomic E-state index is 12.5. The molecule has 1 fully saturated rings. The molecule has 1 aliphatic rings. The van der Waals surface area contributed by atoms with E-state index in [9.17, 15) is 4.79 Å². The highest BCUT2D eigenvalue weighted by atomic mass is 35.5. The van der Waals surface area contributed by atoms with Crippen LogP contribution in [0.3, 0.4) is 0 Å². The highest BCUT2D eigenvalue weighted by Gasteiger charge is 2.44. The Morgan fingerprint density at radius 1 is 1.09 bits per heavy atom. The number of hydrogen-bond acceptors (Lipinski definition) is 2. The number of para-hydroxylation sites is 1. The largest absolute Gasteiger partial charge is 0.375 e. The number of benzene rings is 2. The maximum Gasteiger partial charge on any atom is 0.228 e. The number of halogens is 2. The molecule has 1 N–H and O–H groups in total. The van der Waals surface area contributed by atoms with Crippen LogP contribution >= 0.6 is 23.2 Å². The van der Waals surface area contributed by atoms with E-state index in [4.69, 9.17) is 23.2 Å². The van der Waals surface area contributed by atoms with Crippen LogP contribution in [0.4, 0.5) is 11.4 Å². The molecule has 0 radical (unpaired) electrons. The summed E-state index contributed by atoms with van der Waals surface area (Å²) in [5.74, 6) is 0.176. The summed E-state index contributed by atoms with van der Waals surface area (Å²) in [5, 5.41) is 4.35. The summed E-state index contributed by atoms with van der Waals surface area (Å²) in [5.41, 5.74) is 2.60. The number of carbonyl (C=O) groups excluding carboxylic acids is 1. The standard InChI is InChI=1S/C18H18Cl2N2O/c1-22(2)17-15(20)8-5-9-16(17)21-18(23)13-10-12(13)11-6-3-4-7-14(11)19/h3-9,12-13H,10H2,1-2H3,(H,21,23). The Labute approximate surface area is 146 Å². The van der Waals surface area contributed by atoms with Crippen LogP contribution in [0.25, 0.3) is 0 Å². The monoisotopic (exact) mass is 348 g/mol. The molecule has 2 atom stereocenters. The number of amides is 1. The van der Waals surface area contributed by atoms with Crippen molar-refractivity contribution in [1.29, 1.82) is 0 Å². The fourth-order valence-electron chi connectivity index (χ4n) is 2.90. The first kappa shape index (κ1) is 16.2. The average molecular weight is 349 g/mol. The summed E-state index contributed by atoms with van der Waals surface area (Å²) in [4.78, 5) is 14.4. The molecular weight excluding hydrogens is 331 g/mol. The van der Waals surface area contributed by atoms with Crippen LogP contribution in [0.2, 0.25) is 10.0 Å². The fourth-order valence-corrected chi connectivity index (χ4v) is 3.52. The SMILES string of the molecule is CN(C)c1c(Cl)cccc1NC(=O)C1CC1c1ccccc1Cl. The van der Waals surface area contributed by atoms with Crippen molar-refractivity contribution >= 4 is 40.5 Å². The molecule has 0 spiro atoms. The van der Waals surface area contributed by atoms with Crippen molar-refractivity contribution < 1.29 is 4.79 Å². The van der Waals surface area contributed by atoms with E-state index in [0.717, 1.165) is 28.4 Å². The number of rotatable bonds is 4. The van der Waals surface area contributed by atoms with Crippen molar-refractivity contribution in [3.63, 3.8) is 0 Å². The average Bonchev–Trinajstić information content (AvgIpc) is 3.27. The lowest BCUT2D eigenvalue weighted by Gasteiger charge is -2.19. The first-order valence-electron chi connectivity index (χ1n) is 7.50. The van der Waals surface area contributed by atoms with E-state index in [1.165, 1.54) is 0 Å². The van der Waals surface area contributed by atoms with Gasteiger partial charge in [-0.2, -0.15) is 0 Å². The van der Waals surface area contributed by atoms with Gasteiger partial charge in [0.25, 0.3) is 0 Å². The number of hydrogen-bond donors (Lipinski definition) is 1. The number of anilines is 2. The van der Waals surface area contributed by atoms with Gasteiger partial charge in [0.2, 0.25) is 5.91 Å². The Hall–Kier alpha value is -1.71. The minimum Gasteiger partial charge on any atom is -0.375 e. The molecule has 1 aliphatic carbocycles. The van der Waals surface area contributed by atoms with E-state index >= 15 is 0 Å². The minimum absolute atomic E-state index is 0.0142. The maximum atomic E-state index is 12.5. The van der Waals surface area contributed by atoms with Gasteiger partial charge >= 0.3 is 0 Å². The molecule has 0 saturated heterocycles. The van der Waals surface area contributed by atoms with Crippen LogP contribution in [-0.4, -0.2) is 20.0 Å². The first-order chi connectivity index (χ1) is 11.0. The Kier molecular flexibility index (Phi) is 4.51. The van der Waals surface area contributed by atoms with Gasteiger partial charge in [-0.1, -0.05) is 47.5 Å². The highest BCUT2D eigenvalue weighted by Crippen LogP contribution is 2.50. The van der Waals surface area contributed by atoms with Crippen LogP contribution in [0.1, 0.15) is 17.9 Å². The van der Waals surface area contributed by atoms with E-state index in [2.05, 4.69) is 5.32 Å². The second-order valence-corrected chi connectivity index (χ2v) is 6.80. The third-order valence-corrected chi connectivity index (χ3v) is 4.77. The third-order valence-electron chi connectivity index (χ3n) is 4.12. The second-order valence-electron chi connectivity index (χ2n) is 5.99. The van der Waals surface area contributed by atoms with E-state index in [-0.39, 0.29) is 17.7 Å². The summed E-state index contributed by atoms with van der Waals surface area (Å²) < 4.78 is 0. The third kappa shape index (κ3) is 3.31. The number of carbonyl (C=O) groups is 1. The summed E-state index contributed by atoms with van der Waals surface area (Å²) in [6.45, 7) is 0. The minimum atomic E-state index is -0.0381. The molecular formula is C18H18Cl2N2O. The summed E-state index contributed by atoms with van der Waals surface area (Å²) in [6.07, 6.45) is 0.827. The van der Waals surface area contributed by atoms with Gasteiger partial charge < -0.3 is 10.2 Å².